The van der Waals surface area contributed by atoms with Gasteiger partial charge in [-0.15, -0.1) is 13.2 Å². The van der Waals surface area contributed by atoms with E-state index in [1.165, 1.54) is 18.2 Å². The lowest BCUT2D eigenvalue weighted by atomic mass is 10.2. The highest BCUT2D eigenvalue weighted by molar-refractivity contribution is 5.91. The molecular weight excluding hydrogens is 277 g/mol. The van der Waals surface area contributed by atoms with Crippen LogP contribution in [0.15, 0.2) is 24.3 Å². The van der Waals surface area contributed by atoms with Gasteiger partial charge in [0.05, 0.1) is 18.3 Å². The number of hydrogen-bond acceptors (Lipinski definition) is 3. The van der Waals surface area contributed by atoms with Crippen LogP contribution in [0.2, 0.25) is 0 Å². The van der Waals surface area contributed by atoms with Gasteiger partial charge in [0.1, 0.15) is 0 Å². The summed E-state index contributed by atoms with van der Waals surface area (Å²) in [4.78, 5) is 11.7. The largest absolute Gasteiger partial charge is 0.573 e. The Morgan fingerprint density at radius 1 is 1.35 bits per heavy atom. The van der Waals surface area contributed by atoms with Crippen molar-refractivity contribution in [1.82, 2.24) is 5.32 Å². The third-order valence-electron chi connectivity index (χ3n) is 2.63. The second-order valence-corrected chi connectivity index (χ2v) is 4.20. The van der Waals surface area contributed by atoms with E-state index in [1.807, 2.05) is 0 Å². The Labute approximate surface area is 113 Å². The summed E-state index contributed by atoms with van der Waals surface area (Å²) in [7, 11) is 0. The monoisotopic (exact) mass is 290 g/mol. The molecule has 1 atom stereocenters. The summed E-state index contributed by atoms with van der Waals surface area (Å²) in [5, 5.41) is 4.93. The van der Waals surface area contributed by atoms with E-state index in [2.05, 4.69) is 15.4 Å². The smallest absolute Gasteiger partial charge is 0.404 e. The first-order valence-corrected chi connectivity index (χ1v) is 5.94. The molecule has 0 saturated carbocycles. The fourth-order valence-corrected chi connectivity index (χ4v) is 1.78. The predicted molar refractivity (Wildman–Crippen MR) is 64.5 cm³/mol. The molecule has 5 nitrogen and oxygen atoms in total. The standard InChI is InChI=1S/C12H13F3N2O3/c13-12(14,15)20-10-4-2-1-3-9(10)17-11(18)16-8-5-6-19-7-8/h1-4,8H,5-7H2,(H2,16,17,18)/t8-/m1/s1. The van der Waals surface area contributed by atoms with Crippen molar-refractivity contribution in [2.75, 3.05) is 18.5 Å². The van der Waals surface area contributed by atoms with Crippen molar-refractivity contribution in [3.63, 3.8) is 0 Å². The average Bonchev–Trinajstić information content (AvgIpc) is 2.82. The first kappa shape index (κ1) is 14.4. The van der Waals surface area contributed by atoms with E-state index in [4.69, 9.17) is 4.74 Å². The van der Waals surface area contributed by atoms with Crippen LogP contribution in [-0.2, 0) is 4.74 Å². The highest BCUT2D eigenvalue weighted by Crippen LogP contribution is 2.29. The number of alkyl halides is 3. The van der Waals surface area contributed by atoms with Crippen LogP contribution in [0.25, 0.3) is 0 Å². The Bertz CT molecular complexity index is 473. The number of rotatable bonds is 3. The lowest BCUT2D eigenvalue weighted by Gasteiger charge is -2.15. The Morgan fingerprint density at radius 2 is 2.10 bits per heavy atom. The topological polar surface area (TPSA) is 59.6 Å². The van der Waals surface area contributed by atoms with Crippen molar-refractivity contribution in [1.29, 1.82) is 0 Å². The van der Waals surface area contributed by atoms with Gasteiger partial charge < -0.3 is 20.1 Å². The minimum atomic E-state index is -4.81. The molecule has 1 aromatic carbocycles. The fourth-order valence-electron chi connectivity index (χ4n) is 1.78. The SMILES string of the molecule is O=C(Nc1ccccc1OC(F)(F)F)N[C@@H]1CCOC1. The summed E-state index contributed by atoms with van der Waals surface area (Å²) >= 11 is 0. The Kier molecular flexibility index (Phi) is 4.33. The van der Waals surface area contributed by atoms with Crippen molar-refractivity contribution in [2.24, 2.45) is 0 Å². The number of benzene rings is 1. The number of anilines is 1. The Balaban J connectivity index is 1.99. The van der Waals surface area contributed by atoms with Crippen molar-refractivity contribution in [2.45, 2.75) is 18.8 Å². The lowest BCUT2D eigenvalue weighted by Crippen LogP contribution is -2.38. The van der Waals surface area contributed by atoms with E-state index in [1.54, 1.807) is 0 Å². The molecular formula is C12H13F3N2O3. The number of para-hydroxylation sites is 2. The first-order valence-electron chi connectivity index (χ1n) is 5.94. The molecule has 1 heterocycles. The van der Waals surface area contributed by atoms with E-state index in [0.717, 1.165) is 6.07 Å². The average molecular weight is 290 g/mol. The van der Waals surface area contributed by atoms with Crippen molar-refractivity contribution in [3.8, 4) is 5.75 Å². The van der Waals surface area contributed by atoms with Gasteiger partial charge in [-0.3, -0.25) is 0 Å². The van der Waals surface area contributed by atoms with Gasteiger partial charge in [-0.2, -0.15) is 0 Å². The predicted octanol–water partition coefficient (Wildman–Crippen LogP) is 2.50. The van der Waals surface area contributed by atoms with Crippen LogP contribution in [0.1, 0.15) is 6.42 Å². The molecule has 1 saturated heterocycles. The summed E-state index contributed by atoms with van der Waals surface area (Å²) in [6.45, 7) is 0.951. The molecule has 1 fully saturated rings. The van der Waals surface area contributed by atoms with Gasteiger partial charge >= 0.3 is 12.4 Å². The van der Waals surface area contributed by atoms with Crippen molar-refractivity contribution in [3.05, 3.63) is 24.3 Å². The molecule has 8 heteroatoms. The summed E-state index contributed by atoms with van der Waals surface area (Å²) in [5.74, 6) is -0.460. The second kappa shape index (κ2) is 6.00. The lowest BCUT2D eigenvalue weighted by molar-refractivity contribution is -0.274. The molecule has 2 N–H and O–H groups in total. The van der Waals surface area contributed by atoms with Gasteiger partial charge in [-0.25, -0.2) is 4.79 Å². The number of carbonyl (C=O) groups is 1. The van der Waals surface area contributed by atoms with Crippen molar-refractivity contribution < 1.29 is 27.4 Å². The summed E-state index contributed by atoms with van der Waals surface area (Å²) in [6.07, 6.45) is -4.14. The van der Waals surface area contributed by atoms with Gasteiger partial charge in [0.25, 0.3) is 0 Å². The number of carbonyl (C=O) groups excluding carboxylic acids is 1. The molecule has 0 bridgehead atoms. The zero-order valence-electron chi connectivity index (χ0n) is 10.4. The molecule has 1 aliphatic heterocycles. The Morgan fingerprint density at radius 3 is 2.75 bits per heavy atom. The number of urea groups is 1. The highest BCUT2D eigenvalue weighted by Gasteiger charge is 2.32. The molecule has 0 spiro atoms. The number of nitrogens with one attached hydrogen (secondary N) is 2. The van der Waals surface area contributed by atoms with Crippen LogP contribution < -0.4 is 15.4 Å². The maximum absolute atomic E-state index is 12.2. The third-order valence-corrected chi connectivity index (χ3v) is 2.63. The highest BCUT2D eigenvalue weighted by atomic mass is 19.4. The summed E-state index contributed by atoms with van der Waals surface area (Å²) < 4.78 is 45.6. The summed E-state index contributed by atoms with van der Waals surface area (Å²) in [5.41, 5.74) is -0.0544. The van der Waals surface area contributed by atoms with E-state index >= 15 is 0 Å². The second-order valence-electron chi connectivity index (χ2n) is 4.20. The zero-order chi connectivity index (χ0) is 14.6. The molecule has 0 aliphatic carbocycles. The fraction of sp³-hybridized carbons (Fsp3) is 0.417. The van der Waals surface area contributed by atoms with Crippen LogP contribution in [-0.4, -0.2) is 31.6 Å². The minimum absolute atomic E-state index is 0.0544. The molecule has 2 amide bonds. The van der Waals surface area contributed by atoms with E-state index in [0.29, 0.717) is 19.6 Å². The van der Waals surface area contributed by atoms with Crippen LogP contribution in [0.5, 0.6) is 5.75 Å². The van der Waals surface area contributed by atoms with E-state index in [-0.39, 0.29) is 11.7 Å². The molecule has 1 aliphatic rings. The van der Waals surface area contributed by atoms with Gasteiger partial charge in [0.2, 0.25) is 0 Å². The number of amides is 2. The molecule has 110 valence electrons. The van der Waals surface area contributed by atoms with Gasteiger partial charge in [0, 0.05) is 6.61 Å². The molecule has 0 unspecified atom stereocenters. The third kappa shape index (κ3) is 4.30. The molecule has 1 aromatic rings. The van der Waals surface area contributed by atoms with Crippen molar-refractivity contribution >= 4 is 11.7 Å². The van der Waals surface area contributed by atoms with Crippen LogP contribution >= 0.6 is 0 Å². The van der Waals surface area contributed by atoms with Crippen LogP contribution in [0.3, 0.4) is 0 Å². The number of ether oxygens (including phenoxy) is 2. The summed E-state index contributed by atoms with van der Waals surface area (Å²) in [6, 6.07) is 4.60. The number of hydrogen-bond donors (Lipinski definition) is 2. The normalized spacial score (nSPS) is 18.6. The molecule has 0 aromatic heterocycles. The first-order chi connectivity index (χ1) is 9.44. The Hall–Kier alpha value is -1.96. The molecule has 2 rings (SSSR count). The maximum Gasteiger partial charge on any atom is 0.573 e. The molecule has 0 radical (unpaired) electrons. The molecule has 20 heavy (non-hydrogen) atoms. The minimum Gasteiger partial charge on any atom is -0.404 e. The van der Waals surface area contributed by atoms with Gasteiger partial charge in [-0.1, -0.05) is 12.1 Å². The van der Waals surface area contributed by atoms with E-state index in [9.17, 15) is 18.0 Å². The van der Waals surface area contributed by atoms with E-state index < -0.39 is 18.1 Å². The maximum atomic E-state index is 12.2. The van der Waals surface area contributed by atoms with Crippen LogP contribution in [0, 0.1) is 0 Å². The quantitative estimate of drug-likeness (QED) is 0.899. The van der Waals surface area contributed by atoms with Crippen LogP contribution in [0.4, 0.5) is 23.7 Å². The number of halogens is 3. The van der Waals surface area contributed by atoms with Gasteiger partial charge in [0.15, 0.2) is 5.75 Å². The van der Waals surface area contributed by atoms with Gasteiger partial charge in [-0.05, 0) is 18.6 Å². The zero-order valence-corrected chi connectivity index (χ0v) is 10.4.